The molecule has 1 aromatic rings. The van der Waals surface area contributed by atoms with Crippen LogP contribution in [0.4, 0.5) is 11.6 Å². The maximum atomic E-state index is 9.16. The lowest BCUT2D eigenvalue weighted by atomic mass is 10.0. The van der Waals surface area contributed by atoms with E-state index in [4.69, 9.17) is 10.8 Å². The van der Waals surface area contributed by atoms with Gasteiger partial charge in [0.25, 0.3) is 0 Å². The fraction of sp³-hybridized carbons (Fsp3) is 0.556. The molecule has 0 amide bonds. The zero-order valence-electron chi connectivity index (χ0n) is 8.49. The van der Waals surface area contributed by atoms with E-state index in [1.165, 1.54) is 12.4 Å². The number of nitrogens with one attached hydrogen (secondary N) is 1. The summed E-state index contributed by atoms with van der Waals surface area (Å²) in [6.07, 6.45) is 3.85. The molecule has 0 bridgehead atoms. The van der Waals surface area contributed by atoms with Gasteiger partial charge in [-0.2, -0.15) is 0 Å². The molecule has 0 aliphatic rings. The highest BCUT2D eigenvalue weighted by Crippen LogP contribution is 2.14. The van der Waals surface area contributed by atoms with Crippen molar-refractivity contribution in [2.75, 3.05) is 17.7 Å². The Kier molecular flexibility index (Phi) is 3.24. The first-order chi connectivity index (χ1) is 6.59. The van der Waals surface area contributed by atoms with Crippen molar-refractivity contribution in [3.8, 4) is 0 Å². The molecule has 0 aromatic carbocycles. The van der Waals surface area contributed by atoms with Crippen LogP contribution in [0.5, 0.6) is 0 Å². The summed E-state index contributed by atoms with van der Waals surface area (Å²) >= 11 is 0. The zero-order chi connectivity index (χ0) is 10.6. The van der Waals surface area contributed by atoms with Gasteiger partial charge in [-0.3, -0.25) is 0 Å². The summed E-state index contributed by atoms with van der Waals surface area (Å²) in [5.74, 6) is 0.484. The van der Waals surface area contributed by atoms with Crippen molar-refractivity contribution in [2.24, 2.45) is 0 Å². The van der Waals surface area contributed by atoms with E-state index < -0.39 is 0 Å². The molecule has 0 saturated heterocycles. The Morgan fingerprint density at radius 2 is 2.07 bits per heavy atom. The second kappa shape index (κ2) is 4.23. The average molecular weight is 196 g/mol. The molecule has 0 aliphatic carbocycles. The van der Waals surface area contributed by atoms with E-state index in [2.05, 4.69) is 15.3 Å². The summed E-state index contributed by atoms with van der Waals surface area (Å²) in [6, 6.07) is 0. The van der Waals surface area contributed by atoms with Crippen molar-refractivity contribution in [2.45, 2.75) is 25.8 Å². The first kappa shape index (κ1) is 10.7. The van der Waals surface area contributed by atoms with Crippen LogP contribution in [-0.2, 0) is 0 Å². The van der Waals surface area contributed by atoms with Crippen LogP contribution in [0.3, 0.4) is 0 Å². The van der Waals surface area contributed by atoms with Gasteiger partial charge in [-0.15, -0.1) is 0 Å². The molecule has 1 rings (SSSR count). The van der Waals surface area contributed by atoms with Gasteiger partial charge in [-0.1, -0.05) is 6.92 Å². The van der Waals surface area contributed by atoms with Crippen molar-refractivity contribution in [3.05, 3.63) is 12.4 Å². The Morgan fingerprint density at radius 1 is 1.50 bits per heavy atom. The number of aromatic nitrogens is 2. The predicted molar refractivity (Wildman–Crippen MR) is 55.8 cm³/mol. The van der Waals surface area contributed by atoms with Gasteiger partial charge in [0.15, 0.2) is 0 Å². The first-order valence-corrected chi connectivity index (χ1v) is 4.56. The van der Waals surface area contributed by atoms with E-state index in [1.807, 2.05) is 13.8 Å². The number of aliphatic hydroxyl groups is 1. The van der Waals surface area contributed by atoms with Crippen LogP contribution < -0.4 is 11.1 Å². The summed E-state index contributed by atoms with van der Waals surface area (Å²) in [5, 5.41) is 12.2. The number of nitrogens with zero attached hydrogens (tertiary/aromatic N) is 2. The number of rotatable bonds is 4. The van der Waals surface area contributed by atoms with Crippen LogP contribution in [0.2, 0.25) is 0 Å². The smallest absolute Gasteiger partial charge is 0.223 e. The monoisotopic (exact) mass is 196 g/mol. The van der Waals surface area contributed by atoms with Crippen molar-refractivity contribution < 1.29 is 5.11 Å². The summed E-state index contributed by atoms with van der Waals surface area (Å²) < 4.78 is 0. The molecule has 0 spiro atoms. The summed E-state index contributed by atoms with van der Waals surface area (Å²) in [4.78, 5) is 8.00. The van der Waals surface area contributed by atoms with Crippen molar-refractivity contribution in [1.82, 2.24) is 9.97 Å². The van der Waals surface area contributed by atoms with Crippen LogP contribution in [0, 0.1) is 0 Å². The fourth-order valence-corrected chi connectivity index (χ4v) is 0.912. The van der Waals surface area contributed by atoms with E-state index in [1.54, 1.807) is 0 Å². The number of aliphatic hydroxyl groups excluding tert-OH is 1. The number of hydrogen-bond donors (Lipinski definition) is 3. The molecule has 1 unspecified atom stereocenters. The van der Waals surface area contributed by atoms with Gasteiger partial charge in [-0.25, -0.2) is 9.97 Å². The van der Waals surface area contributed by atoms with Gasteiger partial charge in [-0.05, 0) is 13.3 Å². The highest BCUT2D eigenvalue weighted by molar-refractivity contribution is 5.37. The molecule has 1 aromatic heterocycles. The maximum absolute atomic E-state index is 9.16. The molecule has 14 heavy (non-hydrogen) atoms. The molecular formula is C9H16N4O. The second-order valence-corrected chi connectivity index (χ2v) is 3.54. The number of nitrogens with two attached hydrogens (primary N) is 1. The second-order valence-electron chi connectivity index (χ2n) is 3.54. The minimum Gasteiger partial charge on any atom is -0.396 e. The van der Waals surface area contributed by atoms with Crippen molar-refractivity contribution in [1.29, 1.82) is 0 Å². The molecular weight excluding hydrogens is 180 g/mol. The number of nitrogen functional groups attached to an aromatic ring is 1. The Hall–Kier alpha value is -1.36. The standard InChI is InChI=1S/C9H16N4O/c1-3-9(2,6-14)13-8-11-4-7(10)5-12-8/h4-5,14H,3,6,10H2,1-2H3,(H,11,12,13). The van der Waals surface area contributed by atoms with E-state index in [0.29, 0.717) is 11.6 Å². The van der Waals surface area contributed by atoms with Crippen LogP contribution >= 0.6 is 0 Å². The van der Waals surface area contributed by atoms with E-state index >= 15 is 0 Å². The van der Waals surface area contributed by atoms with Crippen molar-refractivity contribution >= 4 is 11.6 Å². The Morgan fingerprint density at radius 3 is 2.50 bits per heavy atom. The molecule has 0 radical (unpaired) electrons. The summed E-state index contributed by atoms with van der Waals surface area (Å²) in [6.45, 7) is 3.93. The predicted octanol–water partition coefficient (Wildman–Crippen LogP) is 0.632. The third kappa shape index (κ3) is 2.56. The molecule has 4 N–H and O–H groups in total. The molecule has 0 aliphatic heterocycles. The quantitative estimate of drug-likeness (QED) is 0.657. The normalized spacial score (nSPS) is 14.8. The maximum Gasteiger partial charge on any atom is 0.223 e. The lowest BCUT2D eigenvalue weighted by molar-refractivity contribution is 0.218. The summed E-state index contributed by atoms with van der Waals surface area (Å²) in [5.41, 5.74) is 5.60. The minimum atomic E-state index is -0.379. The molecule has 5 heteroatoms. The fourth-order valence-electron chi connectivity index (χ4n) is 0.912. The molecule has 1 heterocycles. The largest absolute Gasteiger partial charge is 0.396 e. The highest BCUT2D eigenvalue weighted by atomic mass is 16.3. The number of hydrogen-bond acceptors (Lipinski definition) is 5. The Labute approximate surface area is 83.4 Å². The minimum absolute atomic E-state index is 0.0389. The molecule has 1 atom stereocenters. The van der Waals surface area contributed by atoms with Gasteiger partial charge in [0.05, 0.1) is 30.2 Å². The third-order valence-corrected chi connectivity index (χ3v) is 2.21. The van der Waals surface area contributed by atoms with Crippen LogP contribution in [-0.4, -0.2) is 27.2 Å². The molecule has 5 nitrogen and oxygen atoms in total. The van der Waals surface area contributed by atoms with Gasteiger partial charge in [0, 0.05) is 0 Å². The molecule has 0 fully saturated rings. The lowest BCUT2D eigenvalue weighted by Crippen LogP contribution is -2.38. The molecule has 78 valence electrons. The van der Waals surface area contributed by atoms with Gasteiger partial charge >= 0.3 is 0 Å². The third-order valence-electron chi connectivity index (χ3n) is 2.21. The lowest BCUT2D eigenvalue weighted by Gasteiger charge is -2.26. The van der Waals surface area contributed by atoms with Gasteiger partial charge < -0.3 is 16.2 Å². The SMILES string of the molecule is CCC(C)(CO)Nc1ncc(N)cn1. The Balaban J connectivity index is 2.72. The topological polar surface area (TPSA) is 84.1 Å². The average Bonchev–Trinajstić information content (AvgIpc) is 2.21. The van der Waals surface area contributed by atoms with Crippen LogP contribution in [0.15, 0.2) is 12.4 Å². The Bertz CT molecular complexity index is 281. The van der Waals surface area contributed by atoms with Crippen molar-refractivity contribution in [3.63, 3.8) is 0 Å². The first-order valence-electron chi connectivity index (χ1n) is 4.56. The zero-order valence-corrected chi connectivity index (χ0v) is 8.49. The summed E-state index contributed by atoms with van der Waals surface area (Å²) in [7, 11) is 0. The molecule has 0 saturated carbocycles. The van der Waals surface area contributed by atoms with E-state index in [0.717, 1.165) is 6.42 Å². The van der Waals surface area contributed by atoms with E-state index in [9.17, 15) is 0 Å². The van der Waals surface area contributed by atoms with Gasteiger partial charge in [0.2, 0.25) is 5.95 Å². The van der Waals surface area contributed by atoms with Gasteiger partial charge in [0.1, 0.15) is 0 Å². The van der Waals surface area contributed by atoms with E-state index in [-0.39, 0.29) is 12.1 Å². The highest BCUT2D eigenvalue weighted by Gasteiger charge is 2.21. The number of anilines is 2. The van der Waals surface area contributed by atoms with Crippen LogP contribution in [0.25, 0.3) is 0 Å². The van der Waals surface area contributed by atoms with Crippen LogP contribution in [0.1, 0.15) is 20.3 Å².